The Balaban J connectivity index is 1.97. The van der Waals surface area contributed by atoms with Crippen molar-refractivity contribution in [2.75, 3.05) is 16.8 Å². The van der Waals surface area contributed by atoms with Gasteiger partial charge in [-0.2, -0.15) is 0 Å². The summed E-state index contributed by atoms with van der Waals surface area (Å²) < 4.78 is 0. The van der Waals surface area contributed by atoms with Crippen molar-refractivity contribution in [3.8, 4) is 0 Å². The molecular formula is C13H15N3O2. The lowest BCUT2D eigenvalue weighted by molar-refractivity contribution is -0.128. The quantitative estimate of drug-likeness (QED) is 0.770. The molecule has 2 aliphatic rings. The standard InChI is InChI=1S/C13H15N3O2/c14-13(6-3-7-13)12(18)16-8-11(17)15-9-4-1-2-5-10(9)16/h1-2,4-5H,3,6-8,14H2,(H,15,17). The molecule has 0 atom stereocenters. The molecular weight excluding hydrogens is 230 g/mol. The van der Waals surface area contributed by atoms with Crippen molar-refractivity contribution in [1.29, 1.82) is 0 Å². The first kappa shape index (κ1) is 11.2. The first-order valence-corrected chi connectivity index (χ1v) is 6.10. The molecule has 1 saturated carbocycles. The molecule has 5 nitrogen and oxygen atoms in total. The van der Waals surface area contributed by atoms with E-state index < -0.39 is 5.54 Å². The highest BCUT2D eigenvalue weighted by molar-refractivity contribution is 6.12. The summed E-state index contributed by atoms with van der Waals surface area (Å²) in [6, 6.07) is 7.29. The second kappa shape index (κ2) is 3.81. The van der Waals surface area contributed by atoms with Gasteiger partial charge in [0.25, 0.3) is 0 Å². The third-order valence-corrected chi connectivity index (χ3v) is 3.69. The van der Waals surface area contributed by atoms with Gasteiger partial charge in [-0.25, -0.2) is 0 Å². The third kappa shape index (κ3) is 1.59. The van der Waals surface area contributed by atoms with Gasteiger partial charge >= 0.3 is 0 Å². The Kier molecular flexibility index (Phi) is 2.38. The molecule has 0 radical (unpaired) electrons. The van der Waals surface area contributed by atoms with Crippen LogP contribution >= 0.6 is 0 Å². The maximum absolute atomic E-state index is 12.4. The molecule has 3 N–H and O–H groups in total. The Bertz CT molecular complexity index is 523. The van der Waals surface area contributed by atoms with Crippen molar-refractivity contribution in [1.82, 2.24) is 0 Å². The molecule has 1 aliphatic heterocycles. The number of para-hydroxylation sites is 2. The van der Waals surface area contributed by atoms with E-state index in [-0.39, 0.29) is 18.4 Å². The van der Waals surface area contributed by atoms with Crippen molar-refractivity contribution >= 4 is 23.2 Å². The molecule has 18 heavy (non-hydrogen) atoms. The van der Waals surface area contributed by atoms with Crippen molar-refractivity contribution in [2.45, 2.75) is 24.8 Å². The number of nitrogens with two attached hydrogens (primary N) is 1. The van der Waals surface area contributed by atoms with Crippen LogP contribution in [0, 0.1) is 0 Å². The normalized spacial score (nSPS) is 20.7. The summed E-state index contributed by atoms with van der Waals surface area (Å²) >= 11 is 0. The second-order valence-electron chi connectivity index (χ2n) is 4.97. The van der Waals surface area contributed by atoms with E-state index in [1.807, 2.05) is 18.2 Å². The van der Waals surface area contributed by atoms with Gasteiger partial charge in [0.2, 0.25) is 11.8 Å². The number of amides is 2. The van der Waals surface area contributed by atoms with Gasteiger partial charge in [-0.15, -0.1) is 0 Å². The fraction of sp³-hybridized carbons (Fsp3) is 0.385. The van der Waals surface area contributed by atoms with Crippen molar-refractivity contribution in [2.24, 2.45) is 5.73 Å². The zero-order chi connectivity index (χ0) is 12.8. The topological polar surface area (TPSA) is 75.4 Å². The van der Waals surface area contributed by atoms with Crippen LogP contribution in [-0.4, -0.2) is 23.9 Å². The summed E-state index contributed by atoms with van der Waals surface area (Å²) in [4.78, 5) is 25.6. The Morgan fingerprint density at radius 2 is 2.06 bits per heavy atom. The zero-order valence-corrected chi connectivity index (χ0v) is 9.98. The molecule has 1 aromatic rings. The number of rotatable bonds is 1. The number of fused-ring (bicyclic) bond motifs is 1. The van der Waals surface area contributed by atoms with Crippen LogP contribution in [0.2, 0.25) is 0 Å². The molecule has 1 heterocycles. The average Bonchev–Trinajstić information content (AvgIpc) is 2.34. The molecule has 0 unspecified atom stereocenters. The Hall–Kier alpha value is -1.88. The minimum atomic E-state index is -0.773. The number of carbonyl (C=O) groups is 2. The molecule has 3 rings (SSSR count). The summed E-state index contributed by atoms with van der Waals surface area (Å²) in [7, 11) is 0. The number of nitrogens with zero attached hydrogens (tertiary/aromatic N) is 1. The van der Waals surface area contributed by atoms with Gasteiger partial charge in [0.05, 0.1) is 16.9 Å². The highest BCUT2D eigenvalue weighted by Gasteiger charge is 2.44. The maximum Gasteiger partial charge on any atom is 0.247 e. The lowest BCUT2D eigenvalue weighted by Gasteiger charge is -2.41. The summed E-state index contributed by atoms with van der Waals surface area (Å²) in [5.74, 6) is -0.318. The zero-order valence-electron chi connectivity index (χ0n) is 9.98. The lowest BCUT2D eigenvalue weighted by atomic mass is 9.76. The van der Waals surface area contributed by atoms with E-state index in [0.29, 0.717) is 18.5 Å². The van der Waals surface area contributed by atoms with E-state index in [0.717, 1.165) is 12.1 Å². The van der Waals surface area contributed by atoms with Gasteiger partial charge < -0.3 is 11.1 Å². The number of anilines is 2. The smallest absolute Gasteiger partial charge is 0.247 e. The van der Waals surface area contributed by atoms with Crippen molar-refractivity contribution < 1.29 is 9.59 Å². The maximum atomic E-state index is 12.4. The number of nitrogens with one attached hydrogen (secondary N) is 1. The number of carbonyl (C=O) groups excluding carboxylic acids is 2. The monoisotopic (exact) mass is 245 g/mol. The summed E-state index contributed by atoms with van der Waals surface area (Å²) in [6.45, 7) is 0.0504. The lowest BCUT2D eigenvalue weighted by Crippen LogP contribution is -2.61. The molecule has 5 heteroatoms. The largest absolute Gasteiger partial charge is 0.323 e. The molecule has 0 bridgehead atoms. The van der Waals surface area contributed by atoms with Crippen LogP contribution in [0.25, 0.3) is 0 Å². The highest BCUT2D eigenvalue weighted by Crippen LogP contribution is 2.36. The van der Waals surface area contributed by atoms with E-state index in [1.165, 1.54) is 4.90 Å². The molecule has 0 spiro atoms. The van der Waals surface area contributed by atoms with Gasteiger partial charge in [0, 0.05) is 0 Å². The molecule has 1 fully saturated rings. The molecule has 1 aromatic carbocycles. The van der Waals surface area contributed by atoms with E-state index in [9.17, 15) is 9.59 Å². The Morgan fingerprint density at radius 1 is 1.33 bits per heavy atom. The molecule has 2 amide bonds. The number of benzene rings is 1. The van der Waals surface area contributed by atoms with Crippen molar-refractivity contribution in [3.63, 3.8) is 0 Å². The van der Waals surface area contributed by atoms with Crippen LogP contribution in [-0.2, 0) is 9.59 Å². The van der Waals surface area contributed by atoms with Gasteiger partial charge in [-0.05, 0) is 31.4 Å². The van der Waals surface area contributed by atoms with Crippen molar-refractivity contribution in [3.05, 3.63) is 24.3 Å². The Labute approximate surface area is 105 Å². The molecule has 0 aromatic heterocycles. The van der Waals surface area contributed by atoms with Crippen LogP contribution in [0.3, 0.4) is 0 Å². The van der Waals surface area contributed by atoms with E-state index in [4.69, 9.17) is 5.73 Å². The minimum absolute atomic E-state index is 0.0504. The summed E-state index contributed by atoms with van der Waals surface area (Å²) in [5, 5.41) is 2.76. The predicted octanol–water partition coefficient (Wildman–Crippen LogP) is 0.853. The minimum Gasteiger partial charge on any atom is -0.323 e. The summed E-state index contributed by atoms with van der Waals surface area (Å²) in [6.07, 6.45) is 2.38. The van der Waals surface area contributed by atoms with E-state index >= 15 is 0 Å². The van der Waals surface area contributed by atoms with Crippen LogP contribution in [0.5, 0.6) is 0 Å². The first-order valence-electron chi connectivity index (χ1n) is 6.10. The third-order valence-electron chi connectivity index (χ3n) is 3.69. The van der Waals surface area contributed by atoms with E-state index in [2.05, 4.69) is 5.32 Å². The SMILES string of the molecule is NC1(C(=O)N2CC(=O)Nc3ccccc32)CCC1. The fourth-order valence-corrected chi connectivity index (χ4v) is 2.45. The second-order valence-corrected chi connectivity index (χ2v) is 4.97. The molecule has 0 saturated heterocycles. The van der Waals surface area contributed by atoms with Crippen LogP contribution in [0.4, 0.5) is 11.4 Å². The predicted molar refractivity (Wildman–Crippen MR) is 68.2 cm³/mol. The van der Waals surface area contributed by atoms with E-state index in [1.54, 1.807) is 6.07 Å². The van der Waals surface area contributed by atoms with Crippen LogP contribution in [0.1, 0.15) is 19.3 Å². The Morgan fingerprint density at radius 3 is 2.72 bits per heavy atom. The fourth-order valence-electron chi connectivity index (χ4n) is 2.45. The van der Waals surface area contributed by atoms with Crippen LogP contribution < -0.4 is 16.0 Å². The van der Waals surface area contributed by atoms with Gasteiger partial charge in [-0.1, -0.05) is 12.1 Å². The molecule has 94 valence electrons. The number of hydrogen-bond acceptors (Lipinski definition) is 3. The average molecular weight is 245 g/mol. The first-order chi connectivity index (χ1) is 8.60. The summed E-state index contributed by atoms with van der Waals surface area (Å²) in [5.41, 5.74) is 6.69. The number of hydrogen-bond donors (Lipinski definition) is 2. The van der Waals surface area contributed by atoms with Gasteiger partial charge in [-0.3, -0.25) is 14.5 Å². The highest BCUT2D eigenvalue weighted by atomic mass is 16.2. The molecule has 1 aliphatic carbocycles. The van der Waals surface area contributed by atoms with Crippen LogP contribution in [0.15, 0.2) is 24.3 Å². The van der Waals surface area contributed by atoms with Gasteiger partial charge in [0.1, 0.15) is 6.54 Å². The van der Waals surface area contributed by atoms with Gasteiger partial charge in [0.15, 0.2) is 0 Å².